The van der Waals surface area contributed by atoms with Gasteiger partial charge in [-0.2, -0.15) is 24.9 Å². The number of aliphatic imine (C=N–C) groups is 1. The van der Waals surface area contributed by atoms with Crippen LogP contribution in [-0.2, 0) is 6.18 Å². The Bertz CT molecular complexity index is 526. The van der Waals surface area contributed by atoms with Gasteiger partial charge in [0.25, 0.3) is 0 Å². The average Bonchev–Trinajstić information content (AvgIpc) is 2.58. The molecular weight excluding hydrogens is 353 g/mol. The van der Waals surface area contributed by atoms with E-state index in [9.17, 15) is 13.2 Å². The Hall–Kier alpha value is -1.64. The Morgan fingerprint density at radius 2 is 2.12 bits per heavy atom. The lowest BCUT2D eigenvalue weighted by molar-refractivity contribution is -0.139. The number of unbranched alkanes of at least 4 members (excludes halogenated alkanes) is 1. The fourth-order valence-corrected chi connectivity index (χ4v) is 2.42. The Morgan fingerprint density at radius 1 is 1.32 bits per heavy atom. The summed E-state index contributed by atoms with van der Waals surface area (Å²) in [6, 6.07) is 2.19. The quantitative estimate of drug-likeness (QED) is 0.372. The molecule has 0 fully saturated rings. The van der Waals surface area contributed by atoms with Crippen molar-refractivity contribution in [1.29, 1.82) is 0 Å². The number of halogens is 3. The Balaban J connectivity index is 2.43. The molecule has 0 spiro atoms. The molecule has 1 rings (SSSR count). The van der Waals surface area contributed by atoms with Crippen molar-refractivity contribution in [2.45, 2.75) is 25.9 Å². The number of hydrogen-bond acceptors (Lipinski definition) is 4. The van der Waals surface area contributed by atoms with Crippen molar-refractivity contribution in [1.82, 2.24) is 15.6 Å². The summed E-state index contributed by atoms with van der Waals surface area (Å²) in [7, 11) is 0. The van der Waals surface area contributed by atoms with Crippen molar-refractivity contribution in [2.75, 3.05) is 38.2 Å². The zero-order chi connectivity index (χ0) is 18.5. The van der Waals surface area contributed by atoms with Crippen LogP contribution in [0.25, 0.3) is 0 Å². The summed E-state index contributed by atoms with van der Waals surface area (Å²) in [6.07, 6.45) is 0.965. The number of alkyl halides is 3. The molecule has 5 nitrogen and oxygen atoms in total. The molecule has 0 amide bonds. The maximum Gasteiger partial charge on any atom is 0.421 e. The minimum Gasteiger partial charge on any atom is -0.475 e. The predicted molar refractivity (Wildman–Crippen MR) is 96.3 cm³/mol. The van der Waals surface area contributed by atoms with Crippen LogP contribution in [0.2, 0.25) is 0 Å². The third-order valence-electron chi connectivity index (χ3n) is 3.08. The van der Waals surface area contributed by atoms with E-state index in [1.807, 2.05) is 6.92 Å². The van der Waals surface area contributed by atoms with Crippen LogP contribution in [0.4, 0.5) is 13.2 Å². The van der Waals surface area contributed by atoms with Gasteiger partial charge in [0.05, 0.1) is 6.54 Å². The van der Waals surface area contributed by atoms with Crippen molar-refractivity contribution >= 4 is 17.7 Å². The molecule has 1 aromatic heterocycles. The highest BCUT2D eigenvalue weighted by molar-refractivity contribution is 7.98. The molecule has 2 N–H and O–H groups in total. The number of hydrogen-bond donors (Lipinski definition) is 2. The van der Waals surface area contributed by atoms with E-state index in [-0.39, 0.29) is 6.61 Å². The number of rotatable bonds is 10. The van der Waals surface area contributed by atoms with Crippen molar-refractivity contribution in [3.05, 3.63) is 23.9 Å². The van der Waals surface area contributed by atoms with E-state index in [0.717, 1.165) is 24.7 Å². The number of ether oxygens (including phenoxy) is 1. The number of nitrogens with one attached hydrogen (secondary N) is 2. The SMILES string of the molecule is CCNC(=NCCCCSC)NCCOc1ncccc1C(F)(F)F. The van der Waals surface area contributed by atoms with Crippen LogP contribution in [-0.4, -0.2) is 49.2 Å². The van der Waals surface area contributed by atoms with Crippen LogP contribution in [0.3, 0.4) is 0 Å². The van der Waals surface area contributed by atoms with Gasteiger partial charge in [-0.15, -0.1) is 0 Å². The number of guanidine groups is 1. The number of pyridine rings is 1. The van der Waals surface area contributed by atoms with Gasteiger partial charge >= 0.3 is 6.18 Å². The Labute approximate surface area is 150 Å². The van der Waals surface area contributed by atoms with E-state index in [4.69, 9.17) is 4.74 Å². The summed E-state index contributed by atoms with van der Waals surface area (Å²) >= 11 is 1.81. The van der Waals surface area contributed by atoms with Crippen molar-refractivity contribution in [3.63, 3.8) is 0 Å². The second-order valence-corrected chi connectivity index (χ2v) is 6.08. The van der Waals surface area contributed by atoms with Crippen LogP contribution in [0.15, 0.2) is 23.3 Å². The maximum absolute atomic E-state index is 12.8. The Morgan fingerprint density at radius 3 is 2.80 bits per heavy atom. The molecule has 0 aromatic carbocycles. The maximum atomic E-state index is 12.8. The van der Waals surface area contributed by atoms with Crippen molar-refractivity contribution < 1.29 is 17.9 Å². The molecule has 0 atom stereocenters. The van der Waals surface area contributed by atoms with E-state index in [1.54, 1.807) is 11.8 Å². The van der Waals surface area contributed by atoms with Crippen LogP contribution >= 0.6 is 11.8 Å². The summed E-state index contributed by atoms with van der Waals surface area (Å²) in [6.45, 7) is 3.73. The third-order valence-corrected chi connectivity index (χ3v) is 3.78. The molecule has 0 aliphatic heterocycles. The summed E-state index contributed by atoms with van der Waals surface area (Å²) in [4.78, 5) is 8.08. The van der Waals surface area contributed by atoms with E-state index < -0.39 is 17.6 Å². The summed E-state index contributed by atoms with van der Waals surface area (Å²) in [5, 5.41) is 6.13. The molecule has 0 bridgehead atoms. The zero-order valence-corrected chi connectivity index (χ0v) is 15.3. The fraction of sp³-hybridized carbons (Fsp3) is 0.625. The molecule has 0 aliphatic carbocycles. The first-order valence-electron chi connectivity index (χ1n) is 8.15. The van der Waals surface area contributed by atoms with Gasteiger partial charge in [0, 0.05) is 19.3 Å². The molecule has 0 aliphatic rings. The molecule has 0 radical (unpaired) electrons. The molecule has 0 unspecified atom stereocenters. The Kier molecular flexibility index (Phi) is 10.1. The van der Waals surface area contributed by atoms with E-state index in [1.165, 1.54) is 12.3 Å². The van der Waals surface area contributed by atoms with Crippen LogP contribution in [0.1, 0.15) is 25.3 Å². The van der Waals surface area contributed by atoms with Gasteiger partial charge in [0.15, 0.2) is 5.96 Å². The third kappa shape index (κ3) is 8.85. The molecular formula is C16H25F3N4OS. The first-order valence-corrected chi connectivity index (χ1v) is 9.54. The van der Waals surface area contributed by atoms with Crippen molar-refractivity contribution in [2.24, 2.45) is 4.99 Å². The minimum absolute atomic E-state index is 0.0526. The average molecular weight is 378 g/mol. The van der Waals surface area contributed by atoms with E-state index >= 15 is 0 Å². The van der Waals surface area contributed by atoms with Crippen molar-refractivity contribution in [3.8, 4) is 5.88 Å². The summed E-state index contributed by atoms with van der Waals surface area (Å²) in [5.74, 6) is 1.34. The zero-order valence-electron chi connectivity index (χ0n) is 14.5. The second kappa shape index (κ2) is 11.8. The first-order chi connectivity index (χ1) is 12.0. The van der Waals surface area contributed by atoms with E-state index in [0.29, 0.717) is 25.6 Å². The topological polar surface area (TPSA) is 58.5 Å². The standard InChI is InChI=1S/C16H25F3N4OS/c1-3-20-15(22-8-4-5-12-25-2)23-10-11-24-14-13(16(17,18)19)7-6-9-21-14/h6-7,9H,3-5,8,10-12H2,1-2H3,(H2,20,22,23). The molecule has 9 heteroatoms. The lowest BCUT2D eigenvalue weighted by Gasteiger charge is -2.14. The van der Waals surface area contributed by atoms with Gasteiger partial charge in [-0.25, -0.2) is 4.98 Å². The van der Waals surface area contributed by atoms with Gasteiger partial charge < -0.3 is 15.4 Å². The lowest BCUT2D eigenvalue weighted by Crippen LogP contribution is -2.39. The highest BCUT2D eigenvalue weighted by Gasteiger charge is 2.34. The van der Waals surface area contributed by atoms with Crippen LogP contribution in [0.5, 0.6) is 5.88 Å². The highest BCUT2D eigenvalue weighted by atomic mass is 32.2. The van der Waals surface area contributed by atoms with E-state index in [2.05, 4.69) is 26.9 Å². The van der Waals surface area contributed by atoms with Gasteiger partial charge in [-0.05, 0) is 43.9 Å². The summed E-state index contributed by atoms with van der Waals surface area (Å²) < 4.78 is 43.7. The van der Waals surface area contributed by atoms with Gasteiger partial charge in [0.1, 0.15) is 12.2 Å². The highest BCUT2D eigenvalue weighted by Crippen LogP contribution is 2.34. The molecule has 0 saturated carbocycles. The van der Waals surface area contributed by atoms with Gasteiger partial charge in [0.2, 0.25) is 5.88 Å². The largest absolute Gasteiger partial charge is 0.475 e. The molecule has 1 heterocycles. The minimum atomic E-state index is -4.48. The van der Waals surface area contributed by atoms with Gasteiger partial charge in [-0.3, -0.25) is 4.99 Å². The molecule has 25 heavy (non-hydrogen) atoms. The lowest BCUT2D eigenvalue weighted by atomic mass is 10.2. The smallest absolute Gasteiger partial charge is 0.421 e. The normalized spacial score (nSPS) is 12.1. The van der Waals surface area contributed by atoms with Gasteiger partial charge in [-0.1, -0.05) is 0 Å². The summed E-state index contributed by atoms with van der Waals surface area (Å²) in [5.41, 5.74) is -0.871. The fourth-order valence-electron chi connectivity index (χ4n) is 1.93. The van der Waals surface area contributed by atoms with Crippen LogP contribution < -0.4 is 15.4 Å². The number of nitrogens with zero attached hydrogens (tertiary/aromatic N) is 2. The molecule has 142 valence electrons. The molecule has 1 aromatic rings. The predicted octanol–water partition coefficient (Wildman–Crippen LogP) is 3.18. The molecule has 0 saturated heterocycles. The monoisotopic (exact) mass is 378 g/mol. The number of aromatic nitrogens is 1. The first kappa shape index (κ1) is 21.4. The number of thioether (sulfide) groups is 1. The second-order valence-electron chi connectivity index (χ2n) is 5.09. The van der Waals surface area contributed by atoms with Crippen LogP contribution in [0, 0.1) is 0 Å².